The number of nitrogens with zero attached hydrogens (tertiary/aromatic N) is 1. The van der Waals surface area contributed by atoms with Crippen LogP contribution in [0.25, 0.3) is 0 Å². The molecule has 0 saturated carbocycles. The molecule has 0 bridgehead atoms. The molecule has 0 radical (unpaired) electrons. The van der Waals surface area contributed by atoms with Gasteiger partial charge in [0.15, 0.2) is 0 Å². The SMILES string of the molecule is CCOC(=O)C1CSCCN1C(=O)/C=C(\CC)C(F)(F)F. The molecule has 0 aromatic carbocycles. The molecule has 4 nitrogen and oxygen atoms in total. The largest absolute Gasteiger partial charge is 0.464 e. The Morgan fingerprint density at radius 3 is 2.57 bits per heavy atom. The van der Waals surface area contributed by atoms with Crippen molar-refractivity contribution in [3.05, 3.63) is 11.6 Å². The van der Waals surface area contributed by atoms with Gasteiger partial charge in [-0.2, -0.15) is 24.9 Å². The summed E-state index contributed by atoms with van der Waals surface area (Å²) in [7, 11) is 0. The van der Waals surface area contributed by atoms with Gasteiger partial charge in [-0.3, -0.25) is 4.79 Å². The predicted octanol–water partition coefficient (Wildman–Crippen LogP) is 2.39. The number of carbonyl (C=O) groups excluding carboxylic acids is 2. The summed E-state index contributed by atoms with van der Waals surface area (Å²) in [6.07, 6.45) is -4.24. The Morgan fingerprint density at radius 2 is 2.05 bits per heavy atom. The third-order valence-corrected chi connectivity index (χ3v) is 4.04. The van der Waals surface area contributed by atoms with Gasteiger partial charge >= 0.3 is 12.1 Å². The lowest BCUT2D eigenvalue weighted by molar-refractivity contribution is -0.152. The third-order valence-electron chi connectivity index (χ3n) is 3.01. The van der Waals surface area contributed by atoms with E-state index in [1.54, 1.807) is 6.92 Å². The van der Waals surface area contributed by atoms with Crippen LogP contribution in [0.2, 0.25) is 0 Å². The number of amides is 1. The molecular formula is C13H18F3NO3S. The van der Waals surface area contributed by atoms with Crippen molar-refractivity contribution >= 4 is 23.6 Å². The standard InChI is InChI=1S/C13H18F3NO3S/c1-3-9(13(14,15)16)7-11(18)17-5-6-21-8-10(17)12(19)20-4-2/h7,10H,3-6,8H2,1-2H3/b9-7+. The molecule has 1 amide bonds. The molecule has 1 fully saturated rings. The normalized spacial score (nSPS) is 20.3. The minimum absolute atomic E-state index is 0.167. The summed E-state index contributed by atoms with van der Waals surface area (Å²) in [5.41, 5.74) is -0.895. The second-order valence-corrected chi connectivity index (χ2v) is 5.55. The van der Waals surface area contributed by atoms with Gasteiger partial charge in [0, 0.05) is 29.7 Å². The van der Waals surface area contributed by atoms with E-state index < -0.39 is 29.7 Å². The number of hydrogen-bond acceptors (Lipinski definition) is 4. The van der Waals surface area contributed by atoms with E-state index in [2.05, 4.69) is 0 Å². The van der Waals surface area contributed by atoms with Crippen LogP contribution in [-0.4, -0.2) is 53.7 Å². The third kappa shape index (κ3) is 4.94. The molecular weight excluding hydrogens is 307 g/mol. The lowest BCUT2D eigenvalue weighted by Crippen LogP contribution is -2.50. The van der Waals surface area contributed by atoms with Crippen LogP contribution in [0.15, 0.2) is 11.6 Å². The molecule has 8 heteroatoms. The van der Waals surface area contributed by atoms with Crippen LogP contribution in [0.5, 0.6) is 0 Å². The Hall–Kier alpha value is -1.18. The number of rotatable bonds is 4. The van der Waals surface area contributed by atoms with Crippen molar-refractivity contribution < 1.29 is 27.5 Å². The summed E-state index contributed by atoms with van der Waals surface area (Å²) in [5.74, 6) is -0.437. The average molecular weight is 325 g/mol. The molecule has 0 aliphatic carbocycles. The molecule has 1 unspecified atom stereocenters. The molecule has 0 aromatic heterocycles. The first kappa shape index (κ1) is 17.9. The van der Waals surface area contributed by atoms with Gasteiger partial charge in [0.1, 0.15) is 6.04 Å². The molecule has 1 atom stereocenters. The van der Waals surface area contributed by atoms with Crippen LogP contribution in [0.3, 0.4) is 0 Å². The Balaban J connectivity index is 2.91. The number of hydrogen-bond donors (Lipinski definition) is 0. The summed E-state index contributed by atoms with van der Waals surface area (Å²) in [6, 6.07) is -0.821. The fourth-order valence-corrected chi connectivity index (χ4v) is 2.95. The minimum Gasteiger partial charge on any atom is -0.464 e. The van der Waals surface area contributed by atoms with Gasteiger partial charge in [-0.25, -0.2) is 4.79 Å². The fourth-order valence-electron chi connectivity index (χ4n) is 1.92. The Morgan fingerprint density at radius 1 is 1.38 bits per heavy atom. The molecule has 1 heterocycles. The van der Waals surface area contributed by atoms with E-state index in [0.29, 0.717) is 17.6 Å². The van der Waals surface area contributed by atoms with Crippen molar-refractivity contribution in [1.29, 1.82) is 0 Å². The second-order valence-electron chi connectivity index (χ2n) is 4.40. The first-order valence-electron chi connectivity index (χ1n) is 6.64. The summed E-state index contributed by atoms with van der Waals surface area (Å²) < 4.78 is 42.9. The number of alkyl halides is 3. The topological polar surface area (TPSA) is 46.6 Å². The van der Waals surface area contributed by atoms with Crippen molar-refractivity contribution in [3.8, 4) is 0 Å². The molecule has 1 saturated heterocycles. The summed E-state index contributed by atoms with van der Waals surface area (Å²) in [4.78, 5) is 25.0. The molecule has 21 heavy (non-hydrogen) atoms. The van der Waals surface area contributed by atoms with E-state index >= 15 is 0 Å². The van der Waals surface area contributed by atoms with Crippen molar-refractivity contribution in [2.45, 2.75) is 32.5 Å². The first-order chi connectivity index (χ1) is 9.81. The molecule has 120 valence electrons. The maximum Gasteiger partial charge on any atom is 0.412 e. The zero-order valence-electron chi connectivity index (χ0n) is 11.9. The number of carbonyl (C=O) groups is 2. The predicted molar refractivity (Wildman–Crippen MR) is 73.9 cm³/mol. The van der Waals surface area contributed by atoms with Crippen LogP contribution < -0.4 is 0 Å². The first-order valence-corrected chi connectivity index (χ1v) is 7.79. The van der Waals surface area contributed by atoms with E-state index in [-0.39, 0.29) is 19.6 Å². The average Bonchev–Trinajstić information content (AvgIpc) is 2.43. The summed E-state index contributed by atoms with van der Waals surface area (Å²) in [6.45, 7) is 3.37. The van der Waals surface area contributed by atoms with E-state index in [1.165, 1.54) is 18.7 Å². The highest BCUT2D eigenvalue weighted by molar-refractivity contribution is 7.99. The van der Waals surface area contributed by atoms with E-state index in [4.69, 9.17) is 4.74 Å². The zero-order chi connectivity index (χ0) is 16.0. The molecule has 1 rings (SSSR count). The minimum atomic E-state index is -4.53. The summed E-state index contributed by atoms with van der Waals surface area (Å²) >= 11 is 1.47. The van der Waals surface area contributed by atoms with Crippen LogP contribution in [0.4, 0.5) is 13.2 Å². The maximum absolute atomic E-state index is 12.7. The Kier molecular flexibility index (Phi) is 6.57. The Labute approximate surface area is 125 Å². The highest BCUT2D eigenvalue weighted by Gasteiger charge is 2.36. The lowest BCUT2D eigenvalue weighted by atomic mass is 10.1. The number of halogens is 3. The van der Waals surface area contributed by atoms with E-state index in [1.807, 2.05) is 0 Å². The number of thioether (sulfide) groups is 1. The molecule has 0 aromatic rings. The van der Waals surface area contributed by atoms with Gasteiger partial charge in [-0.1, -0.05) is 6.92 Å². The zero-order valence-corrected chi connectivity index (χ0v) is 12.7. The van der Waals surface area contributed by atoms with Gasteiger partial charge in [0.25, 0.3) is 0 Å². The second kappa shape index (κ2) is 7.72. The van der Waals surface area contributed by atoms with E-state index in [0.717, 1.165) is 4.90 Å². The monoisotopic (exact) mass is 325 g/mol. The smallest absolute Gasteiger partial charge is 0.412 e. The quantitative estimate of drug-likeness (QED) is 0.588. The van der Waals surface area contributed by atoms with Crippen LogP contribution in [0, 0.1) is 0 Å². The van der Waals surface area contributed by atoms with Crippen molar-refractivity contribution in [1.82, 2.24) is 4.90 Å². The highest BCUT2D eigenvalue weighted by Crippen LogP contribution is 2.28. The van der Waals surface area contributed by atoms with Crippen LogP contribution in [-0.2, 0) is 14.3 Å². The maximum atomic E-state index is 12.7. The van der Waals surface area contributed by atoms with Gasteiger partial charge in [-0.05, 0) is 13.3 Å². The summed E-state index contributed by atoms with van der Waals surface area (Å²) in [5, 5.41) is 0. The number of allylic oxidation sites excluding steroid dienone is 1. The number of esters is 1. The van der Waals surface area contributed by atoms with Crippen molar-refractivity contribution in [2.75, 3.05) is 24.7 Å². The highest BCUT2D eigenvalue weighted by atomic mass is 32.2. The van der Waals surface area contributed by atoms with Crippen LogP contribution >= 0.6 is 11.8 Å². The Bertz CT molecular complexity index is 423. The molecule has 0 N–H and O–H groups in total. The van der Waals surface area contributed by atoms with Gasteiger partial charge < -0.3 is 9.64 Å². The molecule has 1 aliphatic heterocycles. The van der Waals surface area contributed by atoms with E-state index in [9.17, 15) is 22.8 Å². The number of ether oxygens (including phenoxy) is 1. The van der Waals surface area contributed by atoms with Crippen LogP contribution in [0.1, 0.15) is 20.3 Å². The molecule has 1 aliphatic rings. The van der Waals surface area contributed by atoms with Gasteiger partial charge in [-0.15, -0.1) is 0 Å². The van der Waals surface area contributed by atoms with Crippen molar-refractivity contribution in [2.24, 2.45) is 0 Å². The lowest BCUT2D eigenvalue weighted by Gasteiger charge is -2.33. The fraction of sp³-hybridized carbons (Fsp3) is 0.692. The van der Waals surface area contributed by atoms with Gasteiger partial charge in [0.05, 0.1) is 6.61 Å². The molecule has 0 spiro atoms. The van der Waals surface area contributed by atoms with Gasteiger partial charge in [0.2, 0.25) is 5.91 Å². The van der Waals surface area contributed by atoms with Crippen molar-refractivity contribution in [3.63, 3.8) is 0 Å².